The van der Waals surface area contributed by atoms with Gasteiger partial charge in [-0.05, 0) is 56.3 Å². The molecule has 0 aromatic heterocycles. The average molecular weight is 301 g/mol. The minimum absolute atomic E-state index is 0.0925. The number of aliphatic hydroxyl groups is 1. The lowest BCUT2D eigenvalue weighted by molar-refractivity contribution is -0.122. The van der Waals surface area contributed by atoms with Gasteiger partial charge in [0.05, 0.1) is 6.10 Å². The molecule has 1 spiro atoms. The summed E-state index contributed by atoms with van der Waals surface area (Å²) in [6.45, 7) is 3.17. The monoisotopic (exact) mass is 301 g/mol. The van der Waals surface area contributed by atoms with Gasteiger partial charge in [-0.1, -0.05) is 13.0 Å². The SMILES string of the molecule is C[C@@H]1C[C@H]2[C@H]3Cc4ccc(O)c5c4[C@@]2(CCN3C)[C@@H](O5)[C@H]1O. The quantitative estimate of drug-likeness (QED) is 0.765. The van der Waals surface area contributed by atoms with Crippen molar-refractivity contribution in [3.63, 3.8) is 0 Å². The van der Waals surface area contributed by atoms with Crippen molar-refractivity contribution in [1.29, 1.82) is 0 Å². The Hall–Kier alpha value is -1.26. The van der Waals surface area contributed by atoms with E-state index in [0.717, 1.165) is 25.8 Å². The van der Waals surface area contributed by atoms with E-state index in [1.807, 2.05) is 0 Å². The van der Waals surface area contributed by atoms with Crippen LogP contribution in [0.15, 0.2) is 12.1 Å². The second kappa shape index (κ2) is 3.98. The zero-order chi connectivity index (χ0) is 15.2. The van der Waals surface area contributed by atoms with Gasteiger partial charge < -0.3 is 19.8 Å². The number of aliphatic hydroxyl groups excluding tert-OH is 1. The number of ether oxygens (including phenoxy) is 1. The van der Waals surface area contributed by atoms with E-state index < -0.39 is 6.10 Å². The molecule has 22 heavy (non-hydrogen) atoms. The van der Waals surface area contributed by atoms with Crippen LogP contribution >= 0.6 is 0 Å². The highest BCUT2D eigenvalue weighted by molar-refractivity contribution is 5.60. The number of phenolic OH excluding ortho intramolecular Hbond substituents is 1. The van der Waals surface area contributed by atoms with Crippen LogP contribution in [0.5, 0.6) is 11.5 Å². The molecule has 2 aliphatic carbocycles. The summed E-state index contributed by atoms with van der Waals surface area (Å²) in [5.41, 5.74) is 2.44. The van der Waals surface area contributed by atoms with E-state index in [9.17, 15) is 10.2 Å². The summed E-state index contributed by atoms with van der Waals surface area (Å²) in [6.07, 6.45) is 2.45. The third-order valence-corrected chi connectivity index (χ3v) is 6.96. The molecule has 4 nitrogen and oxygen atoms in total. The Morgan fingerprint density at radius 1 is 1.36 bits per heavy atom. The van der Waals surface area contributed by atoms with Crippen LogP contribution in [0.25, 0.3) is 0 Å². The molecule has 2 fully saturated rings. The molecular formula is C18H23NO3. The zero-order valence-electron chi connectivity index (χ0n) is 13.1. The van der Waals surface area contributed by atoms with Gasteiger partial charge in [-0.3, -0.25) is 0 Å². The number of hydrogen-bond donors (Lipinski definition) is 2. The summed E-state index contributed by atoms with van der Waals surface area (Å²) < 4.78 is 6.21. The Morgan fingerprint density at radius 2 is 2.18 bits per heavy atom. The van der Waals surface area contributed by atoms with Crippen LogP contribution in [-0.2, 0) is 11.8 Å². The summed E-state index contributed by atoms with van der Waals surface area (Å²) in [6, 6.07) is 4.35. The van der Waals surface area contributed by atoms with Crippen LogP contribution < -0.4 is 4.74 Å². The summed E-state index contributed by atoms with van der Waals surface area (Å²) in [5.74, 6) is 1.66. The molecule has 6 atom stereocenters. The lowest BCUT2D eigenvalue weighted by atomic mass is 9.50. The van der Waals surface area contributed by atoms with Crippen molar-refractivity contribution in [1.82, 2.24) is 4.90 Å². The standard InChI is InChI=1S/C18H23NO3/c1-9-7-11-12-8-10-3-4-13(20)16-14(10)18(11,5-6-19(12)2)17(22-16)15(9)21/h3-4,9,11-12,15,17,20-21H,5-8H2,1-2H3/t9-,11+,12-,15+,17+,18+/m1/s1. The Morgan fingerprint density at radius 3 is 3.00 bits per heavy atom. The number of hydrogen-bond acceptors (Lipinski definition) is 4. The Labute approximate surface area is 130 Å². The minimum atomic E-state index is -0.446. The molecule has 2 N–H and O–H groups in total. The first-order valence-electron chi connectivity index (χ1n) is 8.44. The maximum atomic E-state index is 10.8. The molecule has 118 valence electrons. The molecule has 0 radical (unpaired) electrons. The summed E-state index contributed by atoms with van der Waals surface area (Å²) in [7, 11) is 2.23. The van der Waals surface area contributed by atoms with Gasteiger partial charge in [0.15, 0.2) is 11.5 Å². The highest BCUT2D eigenvalue weighted by atomic mass is 16.5. The van der Waals surface area contributed by atoms with Gasteiger partial charge in [0.25, 0.3) is 0 Å². The summed E-state index contributed by atoms with van der Waals surface area (Å²) in [4.78, 5) is 2.49. The number of likely N-dealkylation sites (N-methyl/N-ethyl adjacent to an activating group) is 1. The normalized spacial score (nSPS) is 45.3. The molecule has 1 saturated carbocycles. The number of phenols is 1. The van der Waals surface area contributed by atoms with E-state index in [1.54, 1.807) is 6.07 Å². The third-order valence-electron chi connectivity index (χ3n) is 6.96. The second-order valence-electron chi connectivity index (χ2n) is 7.84. The van der Waals surface area contributed by atoms with Crippen molar-refractivity contribution in [2.45, 2.75) is 49.9 Å². The Kier molecular flexibility index (Phi) is 2.39. The largest absolute Gasteiger partial charge is 0.504 e. The Bertz CT molecular complexity index is 660. The smallest absolute Gasteiger partial charge is 0.165 e. The highest BCUT2D eigenvalue weighted by Crippen LogP contribution is 2.64. The van der Waals surface area contributed by atoms with Crippen molar-refractivity contribution in [3.05, 3.63) is 23.3 Å². The van der Waals surface area contributed by atoms with Crippen molar-refractivity contribution in [2.24, 2.45) is 11.8 Å². The van der Waals surface area contributed by atoms with Crippen molar-refractivity contribution >= 4 is 0 Å². The number of aromatic hydroxyl groups is 1. The van der Waals surface area contributed by atoms with Gasteiger partial charge in [-0.15, -0.1) is 0 Å². The Balaban J connectivity index is 1.80. The number of rotatable bonds is 0. The van der Waals surface area contributed by atoms with E-state index in [4.69, 9.17) is 4.74 Å². The van der Waals surface area contributed by atoms with E-state index in [-0.39, 0.29) is 23.2 Å². The minimum Gasteiger partial charge on any atom is -0.504 e. The molecule has 4 aliphatic rings. The number of likely N-dealkylation sites (tertiary alicyclic amines) is 1. The first-order chi connectivity index (χ1) is 10.5. The van der Waals surface area contributed by atoms with E-state index >= 15 is 0 Å². The van der Waals surface area contributed by atoms with Gasteiger partial charge in [0.2, 0.25) is 0 Å². The highest BCUT2D eigenvalue weighted by Gasteiger charge is 2.66. The molecule has 1 saturated heterocycles. The number of piperidine rings is 1. The summed E-state index contributed by atoms with van der Waals surface area (Å²) in [5, 5.41) is 21.1. The fourth-order valence-electron chi connectivity index (χ4n) is 5.92. The van der Waals surface area contributed by atoms with Gasteiger partial charge in [0.1, 0.15) is 6.10 Å². The van der Waals surface area contributed by atoms with Crippen molar-refractivity contribution in [3.8, 4) is 11.5 Å². The molecule has 4 heteroatoms. The lowest BCUT2D eigenvalue weighted by Crippen LogP contribution is -2.67. The van der Waals surface area contributed by atoms with Crippen LogP contribution in [0.3, 0.4) is 0 Å². The van der Waals surface area contributed by atoms with Gasteiger partial charge in [0, 0.05) is 17.0 Å². The molecule has 0 amide bonds. The predicted octanol–water partition coefficient (Wildman–Crippen LogP) is 1.67. The van der Waals surface area contributed by atoms with Crippen molar-refractivity contribution in [2.75, 3.05) is 13.6 Å². The number of benzene rings is 1. The molecule has 1 aromatic rings. The van der Waals surface area contributed by atoms with Crippen LogP contribution in [0, 0.1) is 11.8 Å². The summed E-state index contributed by atoms with van der Waals surface area (Å²) >= 11 is 0. The van der Waals surface area contributed by atoms with Gasteiger partial charge >= 0.3 is 0 Å². The van der Waals surface area contributed by atoms with Crippen LogP contribution in [0.2, 0.25) is 0 Å². The first kappa shape index (κ1) is 13.2. The van der Waals surface area contributed by atoms with Crippen LogP contribution in [0.4, 0.5) is 0 Å². The average Bonchev–Trinajstić information content (AvgIpc) is 2.84. The molecule has 2 aliphatic heterocycles. The fourth-order valence-corrected chi connectivity index (χ4v) is 5.92. The van der Waals surface area contributed by atoms with Gasteiger partial charge in [-0.25, -0.2) is 0 Å². The lowest BCUT2D eigenvalue weighted by Gasteiger charge is -2.59. The van der Waals surface area contributed by atoms with Crippen molar-refractivity contribution < 1.29 is 14.9 Å². The molecule has 2 bridgehead atoms. The molecule has 1 aromatic carbocycles. The van der Waals surface area contributed by atoms with E-state index in [0.29, 0.717) is 17.7 Å². The first-order valence-corrected chi connectivity index (χ1v) is 8.44. The molecule has 0 unspecified atom stereocenters. The predicted molar refractivity (Wildman–Crippen MR) is 82.2 cm³/mol. The number of nitrogens with zero attached hydrogens (tertiary/aromatic N) is 1. The molecular weight excluding hydrogens is 278 g/mol. The third kappa shape index (κ3) is 1.29. The maximum absolute atomic E-state index is 10.8. The molecule has 2 heterocycles. The topological polar surface area (TPSA) is 52.9 Å². The fraction of sp³-hybridized carbons (Fsp3) is 0.667. The zero-order valence-corrected chi connectivity index (χ0v) is 13.1. The second-order valence-corrected chi connectivity index (χ2v) is 7.84. The molecule has 5 rings (SSSR count). The van der Waals surface area contributed by atoms with E-state index in [1.165, 1.54) is 11.1 Å². The maximum Gasteiger partial charge on any atom is 0.165 e. The van der Waals surface area contributed by atoms with E-state index in [2.05, 4.69) is 24.9 Å². The van der Waals surface area contributed by atoms with Crippen LogP contribution in [0.1, 0.15) is 30.9 Å². The van der Waals surface area contributed by atoms with Crippen LogP contribution in [-0.4, -0.2) is 47.0 Å². The van der Waals surface area contributed by atoms with Gasteiger partial charge in [-0.2, -0.15) is 0 Å².